The molecule has 1 aliphatic rings. The molecule has 0 atom stereocenters. The van der Waals surface area contributed by atoms with Crippen molar-refractivity contribution in [1.29, 1.82) is 0 Å². The predicted molar refractivity (Wildman–Crippen MR) is 148 cm³/mol. The van der Waals surface area contributed by atoms with Crippen molar-refractivity contribution < 1.29 is 29.0 Å². The first-order valence-corrected chi connectivity index (χ1v) is 12.2. The molecule has 1 fully saturated rings. The van der Waals surface area contributed by atoms with Gasteiger partial charge in [0.15, 0.2) is 18.7 Å². The summed E-state index contributed by atoms with van der Waals surface area (Å²) in [6, 6.07) is 10.3. The first-order valence-electron chi connectivity index (χ1n) is 11.8. The number of allylic oxidation sites excluding steroid dienone is 5. The van der Waals surface area contributed by atoms with Crippen molar-refractivity contribution in [3.63, 3.8) is 0 Å². The number of aliphatic hydroxyl groups excluding tert-OH is 1. The van der Waals surface area contributed by atoms with Crippen LogP contribution in [0.3, 0.4) is 0 Å². The minimum atomic E-state index is -0.182. The molecule has 7 nitrogen and oxygen atoms in total. The van der Waals surface area contributed by atoms with Crippen molar-refractivity contribution in [2.75, 3.05) is 13.7 Å². The van der Waals surface area contributed by atoms with Crippen LogP contribution in [0.4, 0.5) is 0 Å². The van der Waals surface area contributed by atoms with E-state index in [1.165, 1.54) is 6.07 Å². The summed E-state index contributed by atoms with van der Waals surface area (Å²) < 4.78 is 11.7. The molecule has 3 N–H and O–H groups in total. The lowest BCUT2D eigenvalue weighted by atomic mass is 10.0. The van der Waals surface area contributed by atoms with Gasteiger partial charge in [-0.3, -0.25) is 9.59 Å². The maximum Gasteiger partial charge on any atom is 0.258 e. The third-order valence-electron chi connectivity index (χ3n) is 5.38. The number of rotatable bonds is 8. The molecule has 0 spiro atoms. The van der Waals surface area contributed by atoms with Gasteiger partial charge in [0, 0.05) is 40.8 Å². The number of aldehydes is 1. The summed E-state index contributed by atoms with van der Waals surface area (Å²) in [5.41, 5.74) is 2.40. The third kappa shape index (κ3) is 7.39. The number of nitrogens with one attached hydrogen (secondary N) is 1. The van der Waals surface area contributed by atoms with E-state index in [0.717, 1.165) is 20.0 Å². The first kappa shape index (κ1) is 28.3. The lowest BCUT2D eigenvalue weighted by molar-refractivity contribution is -0.123. The Kier molecular flexibility index (Phi) is 9.94. The van der Waals surface area contributed by atoms with Crippen LogP contribution in [0.25, 0.3) is 22.3 Å². The van der Waals surface area contributed by atoms with E-state index in [1.54, 1.807) is 55.5 Å². The second kappa shape index (κ2) is 13.3. The normalized spacial score (nSPS) is 13.1. The van der Waals surface area contributed by atoms with E-state index < -0.39 is 0 Å². The molecule has 1 saturated carbocycles. The molecule has 0 radical (unpaired) electrons. The standard InChI is InChI=1S/C29H24ClNO5.CH4O/c1-3-4-19(13-18(2)30)5-12-24-25-14-21(16-32)26(33)15-27(25)36-29(24)20-6-10-23(11-7-20)35-17-28(34)31-22-8-9-22;1-2/h3-4,6-7,10-11,13-16,22,33H,1,8-9,17H2,2H3,(H,31,34);2H,1H3/b18-13+,19-4-;. The second-order valence-electron chi connectivity index (χ2n) is 8.32. The first-order chi connectivity index (χ1) is 18.4. The summed E-state index contributed by atoms with van der Waals surface area (Å²) in [6.07, 6.45) is 7.67. The molecule has 0 saturated heterocycles. The summed E-state index contributed by atoms with van der Waals surface area (Å²) in [7, 11) is 1.00. The van der Waals surface area contributed by atoms with Crippen molar-refractivity contribution >= 4 is 34.8 Å². The van der Waals surface area contributed by atoms with E-state index in [1.807, 2.05) is 0 Å². The fourth-order valence-corrected chi connectivity index (χ4v) is 3.64. The molecule has 0 bridgehead atoms. The molecule has 196 valence electrons. The highest BCUT2D eigenvalue weighted by Gasteiger charge is 2.23. The van der Waals surface area contributed by atoms with Gasteiger partial charge < -0.3 is 24.7 Å². The molecule has 1 heterocycles. The zero-order valence-electron chi connectivity index (χ0n) is 21.1. The van der Waals surface area contributed by atoms with Gasteiger partial charge in [0.2, 0.25) is 0 Å². The number of hydrogen-bond acceptors (Lipinski definition) is 6. The fourth-order valence-electron chi connectivity index (χ4n) is 3.52. The number of halogens is 1. The molecule has 0 aliphatic heterocycles. The number of ether oxygens (including phenoxy) is 1. The smallest absolute Gasteiger partial charge is 0.258 e. The summed E-state index contributed by atoms with van der Waals surface area (Å²) in [5, 5.41) is 21.2. The number of benzene rings is 2. The Labute approximate surface area is 226 Å². The molecule has 38 heavy (non-hydrogen) atoms. The van der Waals surface area contributed by atoms with Gasteiger partial charge in [0.1, 0.15) is 17.1 Å². The highest BCUT2D eigenvalue weighted by molar-refractivity contribution is 6.29. The van der Waals surface area contributed by atoms with Crippen LogP contribution in [0.2, 0.25) is 0 Å². The lowest BCUT2D eigenvalue weighted by Gasteiger charge is -2.07. The Morgan fingerprint density at radius 3 is 2.58 bits per heavy atom. The maximum atomic E-state index is 11.9. The Hall–Kier alpha value is -4.25. The SMILES string of the molecule is C=C/C=C(C#Cc1c(-c2ccc(OCC(=O)NC3CC3)cc2)oc2cc(O)c(C=O)cc12)\C=C(/C)Cl.CO. The average molecular weight is 534 g/mol. The minimum Gasteiger partial charge on any atom is -0.507 e. The van der Waals surface area contributed by atoms with Crippen LogP contribution in [0, 0.1) is 11.8 Å². The highest BCUT2D eigenvalue weighted by atomic mass is 35.5. The van der Waals surface area contributed by atoms with E-state index in [2.05, 4.69) is 23.7 Å². The number of phenolic OH excluding ortho intramolecular Hbond substituents is 1. The molecule has 8 heteroatoms. The zero-order chi connectivity index (χ0) is 27.7. The lowest BCUT2D eigenvalue weighted by Crippen LogP contribution is -2.30. The summed E-state index contributed by atoms with van der Waals surface area (Å²) in [5.74, 6) is 6.87. The molecule has 3 aromatic rings. The quantitative estimate of drug-likeness (QED) is 0.201. The van der Waals surface area contributed by atoms with E-state index in [-0.39, 0.29) is 29.9 Å². The number of fused-ring (bicyclic) bond motifs is 1. The van der Waals surface area contributed by atoms with Crippen LogP contribution in [0.5, 0.6) is 11.5 Å². The Bertz CT molecular complexity index is 1450. The number of aliphatic hydroxyl groups is 1. The van der Waals surface area contributed by atoms with Crippen LogP contribution in [-0.4, -0.2) is 42.2 Å². The van der Waals surface area contributed by atoms with Crippen LogP contribution in [0.15, 0.2) is 76.2 Å². The molecule has 2 aromatic carbocycles. The third-order valence-corrected chi connectivity index (χ3v) is 5.49. The van der Waals surface area contributed by atoms with Crippen LogP contribution in [-0.2, 0) is 4.79 Å². The summed E-state index contributed by atoms with van der Waals surface area (Å²) in [6.45, 7) is 5.40. The van der Waals surface area contributed by atoms with Gasteiger partial charge in [-0.1, -0.05) is 36.1 Å². The molecule has 1 aromatic heterocycles. The monoisotopic (exact) mass is 533 g/mol. The molecule has 0 unspecified atom stereocenters. The minimum absolute atomic E-state index is 0.0587. The van der Waals surface area contributed by atoms with Gasteiger partial charge in [0.05, 0.1) is 11.1 Å². The Morgan fingerprint density at radius 2 is 1.97 bits per heavy atom. The summed E-state index contributed by atoms with van der Waals surface area (Å²) >= 11 is 6.03. The van der Waals surface area contributed by atoms with Gasteiger partial charge >= 0.3 is 0 Å². The number of carbonyl (C=O) groups excluding carboxylic acids is 2. The van der Waals surface area contributed by atoms with Crippen molar-refractivity contribution in [3.8, 4) is 34.7 Å². The van der Waals surface area contributed by atoms with Gasteiger partial charge in [-0.15, -0.1) is 0 Å². The number of carbonyl (C=O) groups is 2. The highest BCUT2D eigenvalue weighted by Crippen LogP contribution is 2.36. The van der Waals surface area contributed by atoms with Crippen LogP contribution >= 0.6 is 11.6 Å². The topological polar surface area (TPSA) is 109 Å². The molecule has 1 amide bonds. The zero-order valence-corrected chi connectivity index (χ0v) is 21.8. The fraction of sp³-hybridized carbons (Fsp3) is 0.200. The van der Waals surface area contributed by atoms with E-state index in [4.69, 9.17) is 25.9 Å². The molecule has 4 rings (SSSR count). The molecular weight excluding hydrogens is 506 g/mol. The van der Waals surface area contributed by atoms with Gasteiger partial charge in [-0.05, 0) is 62.2 Å². The Balaban J connectivity index is 0.00000195. The summed E-state index contributed by atoms with van der Waals surface area (Å²) in [4.78, 5) is 23.3. The van der Waals surface area contributed by atoms with E-state index >= 15 is 0 Å². The number of amides is 1. The van der Waals surface area contributed by atoms with Gasteiger partial charge in [-0.25, -0.2) is 0 Å². The largest absolute Gasteiger partial charge is 0.507 e. The number of furan rings is 1. The van der Waals surface area contributed by atoms with Crippen molar-refractivity contribution in [2.24, 2.45) is 0 Å². The van der Waals surface area contributed by atoms with Crippen molar-refractivity contribution in [2.45, 2.75) is 25.8 Å². The van der Waals surface area contributed by atoms with E-state index in [9.17, 15) is 14.7 Å². The Morgan fingerprint density at radius 1 is 1.26 bits per heavy atom. The number of phenols is 1. The molecule has 1 aliphatic carbocycles. The number of aromatic hydroxyl groups is 1. The van der Waals surface area contributed by atoms with E-state index in [0.29, 0.717) is 50.5 Å². The van der Waals surface area contributed by atoms with Crippen LogP contribution in [0.1, 0.15) is 35.7 Å². The van der Waals surface area contributed by atoms with Gasteiger partial charge in [-0.2, -0.15) is 0 Å². The van der Waals surface area contributed by atoms with Crippen molar-refractivity contribution in [1.82, 2.24) is 5.32 Å². The number of hydrogen-bond donors (Lipinski definition) is 3. The van der Waals surface area contributed by atoms with Gasteiger partial charge in [0.25, 0.3) is 5.91 Å². The van der Waals surface area contributed by atoms with Crippen LogP contribution < -0.4 is 10.1 Å². The second-order valence-corrected chi connectivity index (χ2v) is 8.92. The maximum absolute atomic E-state index is 11.9. The molecular formula is C30H28ClNO6. The average Bonchev–Trinajstić information content (AvgIpc) is 3.65. The predicted octanol–water partition coefficient (Wildman–Crippen LogP) is 5.49. The van der Waals surface area contributed by atoms with Crippen molar-refractivity contribution in [3.05, 3.63) is 82.9 Å².